The largest absolute Gasteiger partial charge is 0.416 e. The molecule has 0 bridgehead atoms. The number of alkyl halides is 3. The summed E-state index contributed by atoms with van der Waals surface area (Å²) in [6.45, 7) is 0. The molecule has 2 rings (SSSR count). The number of hydrogen-bond donors (Lipinski definition) is 0. The summed E-state index contributed by atoms with van der Waals surface area (Å²) in [6, 6.07) is 11.3. The van der Waals surface area contributed by atoms with Gasteiger partial charge in [-0.1, -0.05) is 47.5 Å². The molecular formula is C14H8Cl2F3. The van der Waals surface area contributed by atoms with Crippen LogP contribution in [0.4, 0.5) is 13.2 Å². The van der Waals surface area contributed by atoms with Crippen molar-refractivity contribution in [3.63, 3.8) is 0 Å². The zero-order chi connectivity index (χ0) is 14.0. The van der Waals surface area contributed by atoms with Gasteiger partial charge in [-0.05, 0) is 29.7 Å². The van der Waals surface area contributed by atoms with Gasteiger partial charge in [-0.3, -0.25) is 0 Å². The van der Waals surface area contributed by atoms with Gasteiger partial charge in [0.15, 0.2) is 0 Å². The molecule has 2 aromatic carbocycles. The summed E-state index contributed by atoms with van der Waals surface area (Å²) in [5.41, 5.74) is 0.0800. The van der Waals surface area contributed by atoms with Crippen LogP contribution in [0.3, 0.4) is 0 Å². The minimum absolute atomic E-state index is 0.0855. The molecule has 0 fully saturated rings. The van der Waals surface area contributed by atoms with E-state index in [9.17, 15) is 13.2 Å². The van der Waals surface area contributed by atoms with E-state index in [-0.39, 0.29) is 17.0 Å². The molecule has 0 N–H and O–H groups in total. The van der Waals surface area contributed by atoms with E-state index in [4.69, 9.17) is 23.2 Å². The fourth-order valence-corrected chi connectivity index (χ4v) is 2.20. The molecule has 0 aliphatic carbocycles. The van der Waals surface area contributed by atoms with E-state index in [1.807, 2.05) is 0 Å². The van der Waals surface area contributed by atoms with Crippen LogP contribution in [0.25, 0.3) is 0 Å². The normalized spacial score (nSPS) is 11.6. The fourth-order valence-electron chi connectivity index (χ4n) is 1.77. The lowest BCUT2D eigenvalue weighted by Crippen LogP contribution is -2.09. The van der Waals surface area contributed by atoms with Gasteiger partial charge in [-0.25, -0.2) is 0 Å². The molecule has 0 aliphatic heterocycles. The van der Waals surface area contributed by atoms with Gasteiger partial charge >= 0.3 is 6.18 Å². The van der Waals surface area contributed by atoms with Crippen molar-refractivity contribution in [2.75, 3.05) is 0 Å². The second-order valence-electron chi connectivity index (χ2n) is 3.98. The van der Waals surface area contributed by atoms with Crippen molar-refractivity contribution < 1.29 is 13.2 Å². The topological polar surface area (TPSA) is 0 Å². The van der Waals surface area contributed by atoms with Gasteiger partial charge < -0.3 is 0 Å². The molecular weight excluding hydrogens is 296 g/mol. The molecule has 0 spiro atoms. The van der Waals surface area contributed by atoms with Gasteiger partial charge in [0, 0.05) is 6.07 Å². The van der Waals surface area contributed by atoms with Crippen LogP contribution in [0.15, 0.2) is 36.4 Å². The van der Waals surface area contributed by atoms with Gasteiger partial charge in [-0.15, -0.1) is 0 Å². The predicted molar refractivity (Wildman–Crippen MR) is 69.5 cm³/mol. The zero-order valence-corrected chi connectivity index (χ0v) is 11.1. The minimum Gasteiger partial charge on any atom is -0.166 e. The monoisotopic (exact) mass is 303 g/mol. The van der Waals surface area contributed by atoms with Crippen LogP contribution in [0.5, 0.6) is 0 Å². The van der Waals surface area contributed by atoms with Gasteiger partial charge in [0.05, 0.1) is 15.6 Å². The molecule has 2 aromatic rings. The Morgan fingerprint density at radius 1 is 0.947 bits per heavy atom. The molecule has 0 atom stereocenters. The second kappa shape index (κ2) is 5.43. The maximum atomic E-state index is 12.9. The summed E-state index contributed by atoms with van der Waals surface area (Å²) in [7, 11) is 0. The third-order valence-corrected chi connectivity index (χ3v) is 3.20. The van der Waals surface area contributed by atoms with Crippen molar-refractivity contribution >= 4 is 23.2 Å². The molecule has 0 saturated heterocycles. The smallest absolute Gasteiger partial charge is 0.166 e. The molecule has 0 aromatic heterocycles. The first-order valence-electron chi connectivity index (χ1n) is 5.39. The molecule has 99 valence electrons. The summed E-state index contributed by atoms with van der Waals surface area (Å²) < 4.78 is 38.6. The maximum absolute atomic E-state index is 12.9. The third kappa shape index (κ3) is 3.43. The van der Waals surface area contributed by atoms with Crippen molar-refractivity contribution in [3.8, 4) is 0 Å². The first-order chi connectivity index (χ1) is 8.88. The Labute approximate surface area is 118 Å². The van der Waals surface area contributed by atoms with Crippen LogP contribution in [0, 0.1) is 6.07 Å². The van der Waals surface area contributed by atoms with Crippen LogP contribution < -0.4 is 0 Å². The Balaban J connectivity index is 2.39. The van der Waals surface area contributed by atoms with Crippen molar-refractivity contribution in [1.29, 1.82) is 0 Å². The van der Waals surface area contributed by atoms with Crippen LogP contribution in [0.2, 0.25) is 10.0 Å². The lowest BCUT2D eigenvalue weighted by Gasteiger charge is -2.13. The Bertz CT molecular complexity index is 591. The number of rotatable bonds is 2. The van der Waals surface area contributed by atoms with Crippen molar-refractivity contribution in [3.05, 3.63) is 69.2 Å². The number of hydrogen-bond acceptors (Lipinski definition) is 0. The van der Waals surface area contributed by atoms with Gasteiger partial charge in [-0.2, -0.15) is 13.2 Å². The molecule has 0 heterocycles. The van der Waals surface area contributed by atoms with E-state index >= 15 is 0 Å². The quantitative estimate of drug-likeness (QED) is 0.696. The first kappa shape index (κ1) is 14.2. The molecule has 0 amide bonds. The summed E-state index contributed by atoms with van der Waals surface area (Å²) in [5, 5.41) is 0.572. The highest BCUT2D eigenvalue weighted by atomic mass is 35.5. The Kier molecular flexibility index (Phi) is 4.07. The third-order valence-electron chi connectivity index (χ3n) is 2.65. The van der Waals surface area contributed by atoms with E-state index in [1.165, 1.54) is 12.1 Å². The lowest BCUT2D eigenvalue weighted by molar-refractivity contribution is -0.138. The van der Waals surface area contributed by atoms with Crippen molar-refractivity contribution in [2.45, 2.75) is 12.6 Å². The summed E-state index contributed by atoms with van der Waals surface area (Å²) in [4.78, 5) is 0. The van der Waals surface area contributed by atoms with Crippen molar-refractivity contribution in [1.82, 2.24) is 0 Å². The first-order valence-corrected chi connectivity index (χ1v) is 6.15. The average molecular weight is 304 g/mol. The predicted octanol–water partition coefficient (Wildman–Crippen LogP) is 5.40. The van der Waals surface area contributed by atoms with E-state index in [1.54, 1.807) is 18.2 Å². The van der Waals surface area contributed by atoms with Crippen LogP contribution >= 0.6 is 23.2 Å². The number of halogens is 5. The Morgan fingerprint density at radius 3 is 2.26 bits per heavy atom. The Hall–Kier alpha value is -1.19. The number of benzene rings is 2. The highest BCUT2D eigenvalue weighted by molar-refractivity contribution is 6.34. The average Bonchev–Trinajstić information content (AvgIpc) is 2.32. The van der Waals surface area contributed by atoms with Crippen LogP contribution in [-0.2, 0) is 12.6 Å². The molecule has 1 radical (unpaired) electrons. The molecule has 0 aliphatic rings. The highest BCUT2D eigenvalue weighted by Crippen LogP contribution is 2.33. The fraction of sp³-hybridized carbons (Fsp3) is 0.143. The lowest BCUT2D eigenvalue weighted by atomic mass is 9.99. The van der Waals surface area contributed by atoms with Gasteiger partial charge in [0.1, 0.15) is 0 Å². The van der Waals surface area contributed by atoms with E-state index in [0.717, 1.165) is 6.07 Å². The van der Waals surface area contributed by atoms with Crippen molar-refractivity contribution in [2.24, 2.45) is 0 Å². The summed E-state index contributed by atoms with van der Waals surface area (Å²) >= 11 is 11.6. The summed E-state index contributed by atoms with van der Waals surface area (Å²) in [5.74, 6) is 0. The summed E-state index contributed by atoms with van der Waals surface area (Å²) in [6.07, 6.45) is -4.29. The molecule has 19 heavy (non-hydrogen) atoms. The SMILES string of the molecule is FC(F)(F)c1ccccc1Cc1ccc(Cl)[c]c1Cl. The highest BCUT2D eigenvalue weighted by Gasteiger charge is 2.32. The minimum atomic E-state index is -4.38. The molecule has 0 nitrogen and oxygen atoms in total. The van der Waals surface area contributed by atoms with Gasteiger partial charge in [0.2, 0.25) is 0 Å². The molecule has 0 unspecified atom stereocenters. The molecule has 0 saturated carbocycles. The van der Waals surface area contributed by atoms with E-state index < -0.39 is 11.7 Å². The molecule has 5 heteroatoms. The second-order valence-corrected chi connectivity index (χ2v) is 4.76. The standard InChI is InChI=1S/C14H8Cl2F3/c15-11-6-5-10(13(16)8-11)7-9-3-1-2-4-12(9)14(17,18)19/h1-6H,7H2. The Morgan fingerprint density at radius 2 is 1.63 bits per heavy atom. The van der Waals surface area contributed by atoms with Gasteiger partial charge in [0.25, 0.3) is 0 Å². The zero-order valence-electron chi connectivity index (χ0n) is 9.56. The van der Waals surface area contributed by atoms with E-state index in [2.05, 4.69) is 6.07 Å². The van der Waals surface area contributed by atoms with E-state index in [0.29, 0.717) is 10.6 Å². The van der Waals surface area contributed by atoms with Crippen LogP contribution in [-0.4, -0.2) is 0 Å². The van der Waals surface area contributed by atoms with Crippen LogP contribution in [0.1, 0.15) is 16.7 Å². The maximum Gasteiger partial charge on any atom is 0.416 e.